The molecule has 0 radical (unpaired) electrons. The molecule has 1 aromatic rings. The molecule has 0 amide bonds. The fraction of sp³-hybridized carbons (Fsp3) is 0.538. The van der Waals surface area contributed by atoms with Crippen molar-refractivity contribution in [1.29, 1.82) is 0 Å². The van der Waals surface area contributed by atoms with Gasteiger partial charge in [-0.25, -0.2) is 0 Å². The van der Waals surface area contributed by atoms with Crippen LogP contribution in [-0.2, 0) is 0 Å². The van der Waals surface area contributed by atoms with E-state index in [1.807, 2.05) is 30.3 Å². The van der Waals surface area contributed by atoms with Gasteiger partial charge in [0.1, 0.15) is 11.9 Å². The van der Waals surface area contributed by atoms with E-state index in [0.717, 1.165) is 18.7 Å². The predicted molar refractivity (Wildman–Crippen MR) is 62.1 cm³/mol. The van der Waals surface area contributed by atoms with Crippen LogP contribution in [0.15, 0.2) is 30.3 Å². The van der Waals surface area contributed by atoms with Crippen LogP contribution in [-0.4, -0.2) is 18.7 Å². The maximum Gasteiger partial charge on any atom is 0.119 e. The summed E-state index contributed by atoms with van der Waals surface area (Å²) in [6.45, 7) is 5.51. The van der Waals surface area contributed by atoms with Crippen LogP contribution >= 0.6 is 0 Å². The van der Waals surface area contributed by atoms with Gasteiger partial charge in [-0.1, -0.05) is 25.1 Å². The van der Waals surface area contributed by atoms with E-state index in [0.29, 0.717) is 18.1 Å². The fourth-order valence-electron chi connectivity index (χ4n) is 2.02. The van der Waals surface area contributed by atoms with Crippen LogP contribution in [0.1, 0.15) is 20.3 Å². The first-order valence-electron chi connectivity index (χ1n) is 5.71. The average Bonchev–Trinajstić information content (AvgIpc) is 2.25. The molecule has 0 spiro atoms. The van der Waals surface area contributed by atoms with E-state index in [1.165, 1.54) is 0 Å². The lowest BCUT2D eigenvalue weighted by Gasteiger charge is -2.33. The van der Waals surface area contributed by atoms with Gasteiger partial charge in [-0.3, -0.25) is 0 Å². The van der Waals surface area contributed by atoms with Gasteiger partial charge in [-0.2, -0.15) is 0 Å². The molecule has 82 valence electrons. The van der Waals surface area contributed by atoms with Gasteiger partial charge in [0.2, 0.25) is 0 Å². The van der Waals surface area contributed by atoms with E-state index in [9.17, 15) is 0 Å². The van der Waals surface area contributed by atoms with Crippen LogP contribution in [0.4, 0.5) is 0 Å². The molecule has 0 aromatic heterocycles. The largest absolute Gasteiger partial charge is 0.490 e. The minimum absolute atomic E-state index is 0.351. The Morgan fingerprint density at radius 1 is 1.20 bits per heavy atom. The third-order valence-corrected chi connectivity index (χ3v) is 3.04. The summed E-state index contributed by atoms with van der Waals surface area (Å²) in [6.07, 6.45) is 1.44. The first-order valence-corrected chi connectivity index (χ1v) is 5.71. The van der Waals surface area contributed by atoms with E-state index in [1.54, 1.807) is 0 Å². The van der Waals surface area contributed by atoms with Crippen LogP contribution < -0.4 is 10.1 Å². The third-order valence-electron chi connectivity index (χ3n) is 3.04. The van der Waals surface area contributed by atoms with E-state index >= 15 is 0 Å². The Hall–Kier alpha value is -1.02. The van der Waals surface area contributed by atoms with Crippen LogP contribution in [0.25, 0.3) is 0 Å². The average molecular weight is 205 g/mol. The Morgan fingerprint density at radius 2 is 1.93 bits per heavy atom. The van der Waals surface area contributed by atoms with Gasteiger partial charge in [-0.15, -0.1) is 0 Å². The van der Waals surface area contributed by atoms with Gasteiger partial charge in [0, 0.05) is 18.5 Å². The maximum atomic E-state index is 6.00. The molecule has 2 rings (SSSR count). The summed E-state index contributed by atoms with van der Waals surface area (Å²) in [5.41, 5.74) is 0. The lowest BCUT2D eigenvalue weighted by Crippen LogP contribution is -2.46. The highest BCUT2D eigenvalue weighted by Gasteiger charge is 2.26. The number of para-hydroxylation sites is 1. The first-order chi connectivity index (χ1) is 7.25. The standard InChI is InChI=1S/C13H19NO/c1-10-9-14-11(2)8-13(10)15-12-6-4-3-5-7-12/h3-7,10-11,13-14H,8-9H2,1-2H3. The van der Waals surface area contributed by atoms with Crippen LogP contribution in [0.5, 0.6) is 5.75 Å². The van der Waals surface area contributed by atoms with E-state index < -0.39 is 0 Å². The van der Waals surface area contributed by atoms with Crippen molar-refractivity contribution >= 4 is 0 Å². The van der Waals surface area contributed by atoms with Gasteiger partial charge in [-0.05, 0) is 25.5 Å². The van der Waals surface area contributed by atoms with Gasteiger partial charge in [0.15, 0.2) is 0 Å². The topological polar surface area (TPSA) is 21.3 Å². The molecule has 0 saturated carbocycles. The number of ether oxygens (including phenoxy) is 1. The Kier molecular flexibility index (Phi) is 3.27. The second-order valence-corrected chi connectivity index (χ2v) is 4.49. The highest BCUT2D eigenvalue weighted by atomic mass is 16.5. The van der Waals surface area contributed by atoms with Crippen molar-refractivity contribution in [3.05, 3.63) is 30.3 Å². The van der Waals surface area contributed by atoms with Gasteiger partial charge in [0.05, 0.1) is 0 Å². The SMILES string of the molecule is CC1CC(Oc2ccccc2)C(C)CN1. The number of piperidine rings is 1. The van der Waals surface area contributed by atoms with Crippen LogP contribution in [0.3, 0.4) is 0 Å². The molecule has 15 heavy (non-hydrogen) atoms. The molecule has 3 unspecified atom stereocenters. The van der Waals surface area contributed by atoms with Crippen LogP contribution in [0, 0.1) is 5.92 Å². The Balaban J connectivity index is 1.98. The molecule has 1 saturated heterocycles. The summed E-state index contributed by atoms with van der Waals surface area (Å²) in [6, 6.07) is 10.7. The minimum atomic E-state index is 0.351. The molecule has 1 heterocycles. The van der Waals surface area contributed by atoms with Crippen molar-refractivity contribution in [1.82, 2.24) is 5.32 Å². The smallest absolute Gasteiger partial charge is 0.119 e. The number of hydrogen-bond acceptors (Lipinski definition) is 2. The monoisotopic (exact) mass is 205 g/mol. The summed E-state index contributed by atoms with van der Waals surface area (Å²) < 4.78 is 6.00. The lowest BCUT2D eigenvalue weighted by atomic mass is 9.94. The molecule has 1 aliphatic rings. The maximum absolute atomic E-state index is 6.00. The molecule has 0 bridgehead atoms. The third kappa shape index (κ3) is 2.72. The minimum Gasteiger partial charge on any atom is -0.490 e. The molecule has 1 fully saturated rings. The second-order valence-electron chi connectivity index (χ2n) is 4.49. The molecular formula is C13H19NO. The van der Waals surface area contributed by atoms with Gasteiger partial charge >= 0.3 is 0 Å². The summed E-state index contributed by atoms with van der Waals surface area (Å²) in [5.74, 6) is 1.57. The van der Waals surface area contributed by atoms with Crippen molar-refractivity contribution in [2.24, 2.45) is 5.92 Å². The van der Waals surface area contributed by atoms with Gasteiger partial charge in [0.25, 0.3) is 0 Å². The van der Waals surface area contributed by atoms with Crippen molar-refractivity contribution < 1.29 is 4.74 Å². The zero-order chi connectivity index (χ0) is 10.7. The first kappa shape index (κ1) is 10.5. The number of nitrogens with one attached hydrogen (secondary N) is 1. The van der Waals surface area contributed by atoms with Crippen molar-refractivity contribution in [2.75, 3.05) is 6.54 Å². The van der Waals surface area contributed by atoms with E-state index in [4.69, 9.17) is 4.74 Å². The lowest BCUT2D eigenvalue weighted by molar-refractivity contribution is 0.0947. The zero-order valence-corrected chi connectivity index (χ0v) is 9.44. The second kappa shape index (κ2) is 4.67. The predicted octanol–water partition coefficient (Wildman–Crippen LogP) is 2.45. The molecular weight excluding hydrogens is 186 g/mol. The molecule has 1 aromatic carbocycles. The quantitative estimate of drug-likeness (QED) is 0.800. The highest BCUT2D eigenvalue weighted by Crippen LogP contribution is 2.21. The van der Waals surface area contributed by atoms with Crippen molar-refractivity contribution in [3.63, 3.8) is 0 Å². The normalized spacial score (nSPS) is 31.2. The van der Waals surface area contributed by atoms with Crippen molar-refractivity contribution in [3.8, 4) is 5.75 Å². The Morgan fingerprint density at radius 3 is 2.67 bits per heavy atom. The van der Waals surface area contributed by atoms with E-state index in [-0.39, 0.29) is 0 Å². The zero-order valence-electron chi connectivity index (χ0n) is 9.44. The number of benzene rings is 1. The highest BCUT2D eigenvalue weighted by molar-refractivity contribution is 5.21. The summed E-state index contributed by atoms with van der Waals surface area (Å²) in [5, 5.41) is 3.47. The van der Waals surface area contributed by atoms with Crippen LogP contribution in [0.2, 0.25) is 0 Å². The molecule has 3 atom stereocenters. The van der Waals surface area contributed by atoms with Gasteiger partial charge < -0.3 is 10.1 Å². The molecule has 2 heteroatoms. The number of rotatable bonds is 2. The number of hydrogen-bond donors (Lipinski definition) is 1. The summed E-state index contributed by atoms with van der Waals surface area (Å²) in [4.78, 5) is 0. The summed E-state index contributed by atoms with van der Waals surface area (Å²) >= 11 is 0. The molecule has 0 aliphatic carbocycles. The molecule has 1 N–H and O–H groups in total. The van der Waals surface area contributed by atoms with Crippen molar-refractivity contribution in [2.45, 2.75) is 32.4 Å². The molecule has 1 aliphatic heterocycles. The molecule has 2 nitrogen and oxygen atoms in total. The Labute approximate surface area is 91.6 Å². The fourth-order valence-corrected chi connectivity index (χ4v) is 2.02. The van der Waals surface area contributed by atoms with E-state index in [2.05, 4.69) is 19.2 Å². The Bertz CT molecular complexity index is 299. The summed E-state index contributed by atoms with van der Waals surface area (Å²) in [7, 11) is 0.